The highest BCUT2D eigenvalue weighted by Crippen LogP contribution is 2.33. The lowest BCUT2D eigenvalue weighted by Gasteiger charge is -2.06. The van der Waals surface area contributed by atoms with Crippen molar-refractivity contribution in [1.82, 2.24) is 0 Å². The number of nitrogen functional groups attached to an aromatic ring is 1. The number of nitro benzene ring substituents is 1. The number of hydrogen-bond acceptors (Lipinski definition) is 4. The maximum atomic E-state index is 10.5. The van der Waals surface area contributed by atoms with Gasteiger partial charge < -0.3 is 10.5 Å². The van der Waals surface area contributed by atoms with Crippen LogP contribution in [0.15, 0.2) is 12.1 Å². The Kier molecular flexibility index (Phi) is 3.14. The number of rotatable bonds is 3. The van der Waals surface area contributed by atoms with Crippen molar-refractivity contribution in [2.45, 2.75) is 6.92 Å². The zero-order chi connectivity index (χ0) is 10.7. The Morgan fingerprint density at radius 2 is 2.29 bits per heavy atom. The normalized spacial score (nSPS) is 9.86. The van der Waals surface area contributed by atoms with Gasteiger partial charge in [0.25, 0.3) is 5.69 Å². The molecule has 0 fully saturated rings. The Balaban J connectivity index is 3.17. The minimum atomic E-state index is -0.586. The van der Waals surface area contributed by atoms with Gasteiger partial charge >= 0.3 is 0 Å². The minimum Gasteiger partial charge on any atom is -0.492 e. The highest BCUT2D eigenvalue weighted by atomic mass is 35.5. The predicted octanol–water partition coefficient (Wildman–Crippen LogP) is 2.23. The average molecular weight is 217 g/mol. The molecule has 0 aliphatic rings. The van der Waals surface area contributed by atoms with Crippen LogP contribution in [0.5, 0.6) is 5.75 Å². The molecular formula is C8H9ClN2O3. The van der Waals surface area contributed by atoms with Gasteiger partial charge in [-0.1, -0.05) is 11.6 Å². The molecule has 6 heteroatoms. The van der Waals surface area contributed by atoms with E-state index < -0.39 is 4.92 Å². The Hall–Kier alpha value is -1.49. The van der Waals surface area contributed by atoms with Crippen molar-refractivity contribution >= 4 is 23.0 Å². The van der Waals surface area contributed by atoms with Gasteiger partial charge in [-0.2, -0.15) is 0 Å². The molecule has 0 heterocycles. The molecular weight excluding hydrogens is 208 g/mol. The fourth-order valence-corrected chi connectivity index (χ4v) is 1.20. The van der Waals surface area contributed by atoms with E-state index in [9.17, 15) is 10.1 Å². The van der Waals surface area contributed by atoms with Crippen molar-refractivity contribution in [3.8, 4) is 5.75 Å². The summed E-state index contributed by atoms with van der Waals surface area (Å²) in [6.45, 7) is 2.21. The summed E-state index contributed by atoms with van der Waals surface area (Å²) < 4.78 is 5.12. The highest BCUT2D eigenvalue weighted by molar-refractivity contribution is 6.32. The Morgan fingerprint density at radius 1 is 1.64 bits per heavy atom. The van der Waals surface area contributed by atoms with Crippen LogP contribution in [0.3, 0.4) is 0 Å². The second-order valence-corrected chi connectivity index (χ2v) is 2.94. The molecule has 1 rings (SSSR count). The van der Waals surface area contributed by atoms with Gasteiger partial charge in [-0.25, -0.2) is 0 Å². The molecule has 0 bridgehead atoms. The molecule has 0 amide bonds. The largest absolute Gasteiger partial charge is 0.492 e. The van der Waals surface area contributed by atoms with Crippen LogP contribution < -0.4 is 10.5 Å². The quantitative estimate of drug-likeness (QED) is 0.477. The molecule has 0 aromatic heterocycles. The van der Waals surface area contributed by atoms with E-state index in [0.29, 0.717) is 12.4 Å². The highest BCUT2D eigenvalue weighted by Gasteiger charge is 2.15. The van der Waals surface area contributed by atoms with E-state index in [-0.39, 0.29) is 16.4 Å². The summed E-state index contributed by atoms with van der Waals surface area (Å²) in [6, 6.07) is 2.53. The van der Waals surface area contributed by atoms with Crippen LogP contribution in [0, 0.1) is 10.1 Å². The monoisotopic (exact) mass is 216 g/mol. The third kappa shape index (κ3) is 2.05. The fraction of sp³-hybridized carbons (Fsp3) is 0.250. The molecule has 1 aromatic rings. The van der Waals surface area contributed by atoms with Gasteiger partial charge in [0.2, 0.25) is 0 Å². The maximum Gasteiger partial charge on any atom is 0.293 e. The molecule has 0 aliphatic carbocycles. The van der Waals surface area contributed by atoms with Crippen LogP contribution in [-0.4, -0.2) is 11.5 Å². The van der Waals surface area contributed by atoms with E-state index in [2.05, 4.69) is 0 Å². The third-order valence-electron chi connectivity index (χ3n) is 1.58. The SMILES string of the molecule is CCOc1cc(N)c([N+](=O)[O-])cc1Cl. The van der Waals surface area contributed by atoms with E-state index in [1.165, 1.54) is 12.1 Å². The molecule has 0 radical (unpaired) electrons. The van der Waals surface area contributed by atoms with Gasteiger partial charge in [-0.3, -0.25) is 10.1 Å². The topological polar surface area (TPSA) is 78.4 Å². The number of hydrogen-bond donors (Lipinski definition) is 1. The molecule has 76 valence electrons. The van der Waals surface area contributed by atoms with Gasteiger partial charge in [0.15, 0.2) is 0 Å². The van der Waals surface area contributed by atoms with E-state index in [1.807, 2.05) is 0 Å². The molecule has 14 heavy (non-hydrogen) atoms. The first-order valence-corrected chi connectivity index (χ1v) is 4.30. The lowest BCUT2D eigenvalue weighted by Crippen LogP contribution is -1.98. The molecule has 0 spiro atoms. The first kappa shape index (κ1) is 10.6. The van der Waals surface area contributed by atoms with E-state index >= 15 is 0 Å². The maximum absolute atomic E-state index is 10.5. The van der Waals surface area contributed by atoms with Crippen molar-refractivity contribution < 1.29 is 9.66 Å². The molecule has 0 saturated heterocycles. The van der Waals surface area contributed by atoms with E-state index in [4.69, 9.17) is 22.1 Å². The molecule has 2 N–H and O–H groups in total. The second-order valence-electron chi connectivity index (χ2n) is 2.53. The van der Waals surface area contributed by atoms with Crippen LogP contribution in [0.1, 0.15) is 6.92 Å². The van der Waals surface area contributed by atoms with Crippen molar-refractivity contribution in [2.75, 3.05) is 12.3 Å². The minimum absolute atomic E-state index is 0.0443. The smallest absolute Gasteiger partial charge is 0.293 e. The van der Waals surface area contributed by atoms with Gasteiger partial charge in [0.05, 0.1) is 16.6 Å². The molecule has 5 nitrogen and oxygen atoms in total. The first-order valence-electron chi connectivity index (χ1n) is 3.92. The lowest BCUT2D eigenvalue weighted by molar-refractivity contribution is -0.383. The van der Waals surface area contributed by atoms with Crippen LogP contribution in [0.4, 0.5) is 11.4 Å². The van der Waals surface area contributed by atoms with E-state index in [0.717, 1.165) is 0 Å². The summed E-state index contributed by atoms with van der Waals surface area (Å²) in [4.78, 5) is 9.88. The lowest BCUT2D eigenvalue weighted by atomic mass is 10.2. The molecule has 0 atom stereocenters. The Morgan fingerprint density at radius 3 is 2.79 bits per heavy atom. The second kappa shape index (κ2) is 4.15. The van der Waals surface area contributed by atoms with Crippen LogP contribution in [0.2, 0.25) is 5.02 Å². The van der Waals surface area contributed by atoms with Crippen LogP contribution in [-0.2, 0) is 0 Å². The van der Waals surface area contributed by atoms with Gasteiger partial charge in [0, 0.05) is 12.1 Å². The van der Waals surface area contributed by atoms with Crippen molar-refractivity contribution in [3.63, 3.8) is 0 Å². The number of nitrogens with zero attached hydrogens (tertiary/aromatic N) is 1. The molecule has 0 unspecified atom stereocenters. The van der Waals surface area contributed by atoms with Crippen LogP contribution >= 0.6 is 11.6 Å². The number of halogens is 1. The number of anilines is 1. The fourth-order valence-electron chi connectivity index (χ4n) is 0.983. The number of nitro groups is 1. The first-order chi connectivity index (χ1) is 6.56. The summed E-state index contributed by atoms with van der Waals surface area (Å²) in [5.74, 6) is 0.359. The van der Waals surface area contributed by atoms with Gasteiger partial charge in [0.1, 0.15) is 11.4 Å². The number of nitrogens with two attached hydrogens (primary N) is 1. The predicted molar refractivity (Wildman–Crippen MR) is 53.7 cm³/mol. The summed E-state index contributed by atoms with van der Waals surface area (Å²) in [5, 5.41) is 10.7. The summed E-state index contributed by atoms with van der Waals surface area (Å²) in [6.07, 6.45) is 0. The van der Waals surface area contributed by atoms with E-state index in [1.54, 1.807) is 6.92 Å². The Bertz CT molecular complexity index is 368. The average Bonchev–Trinajstić information content (AvgIpc) is 2.10. The van der Waals surface area contributed by atoms with Gasteiger partial charge in [-0.15, -0.1) is 0 Å². The standard InChI is InChI=1S/C8H9ClN2O3/c1-2-14-8-4-6(10)7(11(12)13)3-5(8)9/h3-4H,2,10H2,1H3. The molecule has 0 aliphatic heterocycles. The third-order valence-corrected chi connectivity index (χ3v) is 1.87. The Labute approximate surface area is 85.6 Å². The zero-order valence-corrected chi connectivity index (χ0v) is 8.25. The molecule has 1 aromatic carbocycles. The zero-order valence-electron chi connectivity index (χ0n) is 7.49. The summed E-state index contributed by atoms with van der Waals surface area (Å²) in [5.41, 5.74) is 5.28. The summed E-state index contributed by atoms with van der Waals surface area (Å²) >= 11 is 5.74. The molecule has 0 saturated carbocycles. The summed E-state index contributed by atoms with van der Waals surface area (Å²) in [7, 11) is 0. The van der Waals surface area contributed by atoms with Crippen molar-refractivity contribution in [3.05, 3.63) is 27.3 Å². The van der Waals surface area contributed by atoms with Crippen molar-refractivity contribution in [1.29, 1.82) is 0 Å². The number of ether oxygens (including phenoxy) is 1. The number of benzene rings is 1. The van der Waals surface area contributed by atoms with Crippen molar-refractivity contribution in [2.24, 2.45) is 0 Å². The van der Waals surface area contributed by atoms with Gasteiger partial charge in [-0.05, 0) is 6.92 Å². The van der Waals surface area contributed by atoms with Crippen LogP contribution in [0.25, 0.3) is 0 Å².